The molecule has 5 nitrogen and oxygen atoms in total. The molecule has 5 heteroatoms. The zero-order valence-corrected chi connectivity index (χ0v) is 16.1. The Kier molecular flexibility index (Phi) is 6.83. The standard InChI is InChI=1S/C21H32N4O/c1-18(2)7-11-24-13-12-23(16-20(24)8-14-26)17-21-6-4-10-25(21)19-5-3-9-22-15-19/h3-6,9-10,15,18,20,26H,7-8,11-14,16-17H2,1-2H3/t20-/m0/s1. The molecule has 2 aromatic heterocycles. The first-order valence-electron chi connectivity index (χ1n) is 9.81. The number of aliphatic hydroxyl groups is 1. The van der Waals surface area contributed by atoms with E-state index in [0.29, 0.717) is 6.04 Å². The molecule has 3 heterocycles. The van der Waals surface area contributed by atoms with Crippen molar-refractivity contribution in [3.05, 3.63) is 48.5 Å². The molecule has 0 bridgehead atoms. The van der Waals surface area contributed by atoms with Gasteiger partial charge < -0.3 is 9.67 Å². The van der Waals surface area contributed by atoms with Gasteiger partial charge in [0.1, 0.15) is 0 Å². The summed E-state index contributed by atoms with van der Waals surface area (Å²) in [5.41, 5.74) is 2.39. The summed E-state index contributed by atoms with van der Waals surface area (Å²) in [5.74, 6) is 0.727. The third kappa shape index (κ3) is 4.93. The number of aliphatic hydroxyl groups excluding tert-OH is 1. The molecule has 1 fully saturated rings. The summed E-state index contributed by atoms with van der Waals surface area (Å²) >= 11 is 0. The van der Waals surface area contributed by atoms with E-state index in [0.717, 1.165) is 50.7 Å². The molecule has 0 aromatic carbocycles. The van der Waals surface area contributed by atoms with Gasteiger partial charge in [-0.25, -0.2) is 0 Å². The van der Waals surface area contributed by atoms with Crippen LogP contribution in [-0.4, -0.2) is 63.3 Å². The maximum Gasteiger partial charge on any atom is 0.0636 e. The molecule has 1 aliphatic heterocycles. The summed E-state index contributed by atoms with van der Waals surface area (Å²) in [7, 11) is 0. The van der Waals surface area contributed by atoms with Gasteiger partial charge in [-0.2, -0.15) is 0 Å². The number of pyridine rings is 1. The number of piperazine rings is 1. The van der Waals surface area contributed by atoms with E-state index in [1.54, 1.807) is 0 Å². The summed E-state index contributed by atoms with van der Waals surface area (Å²) in [6.45, 7) is 10.1. The van der Waals surface area contributed by atoms with E-state index in [2.05, 4.69) is 57.6 Å². The van der Waals surface area contributed by atoms with Crippen LogP contribution in [0.3, 0.4) is 0 Å². The third-order valence-electron chi connectivity index (χ3n) is 5.29. The molecular weight excluding hydrogens is 324 g/mol. The van der Waals surface area contributed by atoms with Gasteiger partial charge in [-0.3, -0.25) is 14.8 Å². The van der Waals surface area contributed by atoms with Gasteiger partial charge in [-0.15, -0.1) is 0 Å². The van der Waals surface area contributed by atoms with E-state index in [-0.39, 0.29) is 6.61 Å². The quantitative estimate of drug-likeness (QED) is 0.790. The minimum Gasteiger partial charge on any atom is -0.396 e. The number of nitrogens with zero attached hydrogens (tertiary/aromatic N) is 4. The van der Waals surface area contributed by atoms with Gasteiger partial charge in [-0.1, -0.05) is 13.8 Å². The lowest BCUT2D eigenvalue weighted by Gasteiger charge is -2.41. The Morgan fingerprint density at radius 1 is 1.23 bits per heavy atom. The molecule has 142 valence electrons. The number of rotatable bonds is 8. The first kappa shape index (κ1) is 19.1. The Labute approximate surface area is 157 Å². The molecule has 0 saturated carbocycles. The largest absolute Gasteiger partial charge is 0.396 e. The zero-order chi connectivity index (χ0) is 18.4. The van der Waals surface area contributed by atoms with Gasteiger partial charge in [-0.05, 0) is 49.6 Å². The fourth-order valence-corrected chi connectivity index (χ4v) is 3.76. The highest BCUT2D eigenvalue weighted by Gasteiger charge is 2.26. The minimum atomic E-state index is 0.267. The Morgan fingerprint density at radius 2 is 2.12 bits per heavy atom. The van der Waals surface area contributed by atoms with E-state index >= 15 is 0 Å². The van der Waals surface area contributed by atoms with Crippen molar-refractivity contribution in [1.82, 2.24) is 19.4 Å². The van der Waals surface area contributed by atoms with Crippen LogP contribution in [0.25, 0.3) is 5.69 Å². The Bertz CT molecular complexity index is 655. The lowest BCUT2D eigenvalue weighted by Crippen LogP contribution is -2.53. The first-order chi connectivity index (χ1) is 12.7. The van der Waals surface area contributed by atoms with Crippen LogP contribution in [0.15, 0.2) is 42.9 Å². The van der Waals surface area contributed by atoms with Crippen molar-refractivity contribution >= 4 is 0 Å². The Balaban J connectivity index is 1.64. The number of hydrogen-bond acceptors (Lipinski definition) is 4. The van der Waals surface area contributed by atoms with E-state index in [1.165, 1.54) is 12.1 Å². The van der Waals surface area contributed by atoms with E-state index < -0.39 is 0 Å². The molecule has 3 rings (SSSR count). The van der Waals surface area contributed by atoms with Crippen LogP contribution in [-0.2, 0) is 6.54 Å². The van der Waals surface area contributed by atoms with Gasteiger partial charge in [0.05, 0.1) is 11.9 Å². The van der Waals surface area contributed by atoms with Gasteiger partial charge in [0.25, 0.3) is 0 Å². The number of hydrogen-bond donors (Lipinski definition) is 1. The molecule has 1 aliphatic rings. The maximum absolute atomic E-state index is 9.49. The van der Waals surface area contributed by atoms with Crippen LogP contribution in [0, 0.1) is 5.92 Å². The summed E-state index contributed by atoms with van der Waals surface area (Å²) < 4.78 is 2.22. The van der Waals surface area contributed by atoms with Crippen LogP contribution in [0.1, 0.15) is 32.4 Å². The third-order valence-corrected chi connectivity index (χ3v) is 5.29. The second kappa shape index (κ2) is 9.31. The highest BCUT2D eigenvalue weighted by atomic mass is 16.3. The zero-order valence-electron chi connectivity index (χ0n) is 16.1. The second-order valence-electron chi connectivity index (χ2n) is 7.70. The highest BCUT2D eigenvalue weighted by Crippen LogP contribution is 2.19. The van der Waals surface area contributed by atoms with E-state index in [4.69, 9.17) is 0 Å². The predicted octanol–water partition coefficient (Wildman–Crippen LogP) is 2.79. The van der Waals surface area contributed by atoms with Crippen LogP contribution < -0.4 is 0 Å². The SMILES string of the molecule is CC(C)CCN1CCN(Cc2cccn2-c2cccnc2)C[C@@H]1CCO. The average Bonchev–Trinajstić information content (AvgIpc) is 3.10. The van der Waals surface area contributed by atoms with Crippen LogP contribution in [0.4, 0.5) is 0 Å². The topological polar surface area (TPSA) is 44.5 Å². The fourth-order valence-electron chi connectivity index (χ4n) is 3.76. The lowest BCUT2D eigenvalue weighted by atomic mass is 10.1. The molecule has 0 unspecified atom stereocenters. The molecule has 0 aliphatic carbocycles. The van der Waals surface area contributed by atoms with Crippen molar-refractivity contribution in [2.45, 2.75) is 39.3 Å². The summed E-state index contributed by atoms with van der Waals surface area (Å²) in [6, 6.07) is 8.82. The lowest BCUT2D eigenvalue weighted by molar-refractivity contribution is 0.0516. The minimum absolute atomic E-state index is 0.267. The van der Waals surface area contributed by atoms with Crippen LogP contribution >= 0.6 is 0 Å². The molecule has 0 amide bonds. The summed E-state index contributed by atoms with van der Waals surface area (Å²) in [6.07, 6.45) is 7.91. The molecule has 0 spiro atoms. The number of aromatic nitrogens is 2. The molecule has 1 atom stereocenters. The van der Waals surface area contributed by atoms with Crippen molar-refractivity contribution in [3.63, 3.8) is 0 Å². The molecule has 2 aromatic rings. The van der Waals surface area contributed by atoms with Crippen LogP contribution in [0.5, 0.6) is 0 Å². The fraction of sp³-hybridized carbons (Fsp3) is 0.571. The highest BCUT2D eigenvalue weighted by molar-refractivity contribution is 5.32. The van der Waals surface area contributed by atoms with Gasteiger partial charge >= 0.3 is 0 Å². The molecule has 26 heavy (non-hydrogen) atoms. The first-order valence-corrected chi connectivity index (χ1v) is 9.81. The van der Waals surface area contributed by atoms with Gasteiger partial charge in [0.15, 0.2) is 0 Å². The molecular formula is C21H32N4O. The van der Waals surface area contributed by atoms with Crippen LogP contribution in [0.2, 0.25) is 0 Å². The Hall–Kier alpha value is -1.69. The van der Waals surface area contributed by atoms with Crippen molar-refractivity contribution < 1.29 is 5.11 Å². The average molecular weight is 357 g/mol. The summed E-state index contributed by atoms with van der Waals surface area (Å²) in [4.78, 5) is 9.34. The van der Waals surface area contributed by atoms with Crippen molar-refractivity contribution in [3.8, 4) is 5.69 Å². The molecule has 0 radical (unpaired) electrons. The van der Waals surface area contributed by atoms with Gasteiger partial charge in [0.2, 0.25) is 0 Å². The predicted molar refractivity (Wildman–Crippen MR) is 105 cm³/mol. The van der Waals surface area contributed by atoms with Crippen molar-refractivity contribution in [2.75, 3.05) is 32.8 Å². The van der Waals surface area contributed by atoms with Gasteiger partial charge in [0, 0.05) is 56.9 Å². The van der Waals surface area contributed by atoms with E-state index in [9.17, 15) is 5.11 Å². The van der Waals surface area contributed by atoms with Crippen molar-refractivity contribution in [2.24, 2.45) is 5.92 Å². The maximum atomic E-state index is 9.49. The smallest absolute Gasteiger partial charge is 0.0636 e. The summed E-state index contributed by atoms with van der Waals surface area (Å²) in [5, 5.41) is 9.49. The van der Waals surface area contributed by atoms with Crippen molar-refractivity contribution in [1.29, 1.82) is 0 Å². The Morgan fingerprint density at radius 3 is 2.85 bits per heavy atom. The normalized spacial score (nSPS) is 19.3. The monoisotopic (exact) mass is 356 g/mol. The molecule has 1 N–H and O–H groups in total. The molecule has 1 saturated heterocycles. The second-order valence-corrected chi connectivity index (χ2v) is 7.70. The van der Waals surface area contributed by atoms with E-state index in [1.807, 2.05) is 18.5 Å².